The van der Waals surface area contributed by atoms with Gasteiger partial charge in [0.2, 0.25) is 0 Å². The van der Waals surface area contributed by atoms with Gasteiger partial charge in [0.25, 0.3) is 5.91 Å². The van der Waals surface area contributed by atoms with Crippen LogP contribution in [0.4, 0.5) is 0 Å². The van der Waals surface area contributed by atoms with Crippen LogP contribution in [0.25, 0.3) is 39.3 Å². The van der Waals surface area contributed by atoms with Gasteiger partial charge in [0, 0.05) is 70.7 Å². The van der Waals surface area contributed by atoms with Crippen molar-refractivity contribution in [2.75, 3.05) is 41.0 Å². The molecule has 0 spiro atoms. The van der Waals surface area contributed by atoms with E-state index < -0.39 is 49.3 Å². The molecule has 0 saturated carbocycles. The molecule has 0 aromatic carbocycles. The van der Waals surface area contributed by atoms with Crippen LogP contribution in [0.5, 0.6) is 0 Å². The topological polar surface area (TPSA) is 230 Å². The average molecular weight is 858 g/mol. The molecule has 3 aromatic heterocycles. The third-order valence-electron chi connectivity index (χ3n) is 12.5. The van der Waals surface area contributed by atoms with Crippen LogP contribution in [0.1, 0.15) is 102 Å². The number of hydrogen-bond donors (Lipinski definition) is 6. The van der Waals surface area contributed by atoms with Crippen molar-refractivity contribution in [2.24, 2.45) is 0 Å². The predicted molar refractivity (Wildman–Crippen MR) is 233 cm³/mol. The monoisotopic (exact) mass is 857 g/mol. The standard InChI is InChI=1S/C46H59N5O11/c1-10-26-22(3)30-18-32-24(5)28(13-14-37(53)59-8)40(49-32)29(17-38(54)60-9)41-39(25(6)33(50-41)20-35-27(11-2)23(4)31(48-35)19-34(26)47-30)45(58)51(7)15-12-16-61-46-44(57)43(56)42(55)36(21-52)62-46/h10,18-20,24,28,36,42-44,46-48,52,55-57H,1,11-17,21H2,2-9H3/t24-,28-,36+,42+,43-,44+,46+/m0/s1. The number of aliphatic hydroxyl groups is 4. The molecule has 1 amide bonds. The van der Waals surface area contributed by atoms with Gasteiger partial charge in [-0.3, -0.25) is 19.4 Å². The molecule has 1 fully saturated rings. The normalized spacial score (nSPS) is 22.4. The zero-order chi connectivity index (χ0) is 45.2. The van der Waals surface area contributed by atoms with Crippen molar-refractivity contribution in [2.45, 2.75) is 109 Å². The largest absolute Gasteiger partial charge is 0.469 e. The zero-order valence-electron chi connectivity index (χ0n) is 36.7. The van der Waals surface area contributed by atoms with Crippen molar-refractivity contribution in [1.29, 1.82) is 0 Å². The first-order valence-corrected chi connectivity index (χ1v) is 21.0. The van der Waals surface area contributed by atoms with Gasteiger partial charge in [-0.15, -0.1) is 0 Å². The van der Waals surface area contributed by atoms with Gasteiger partial charge >= 0.3 is 11.9 Å². The van der Waals surface area contributed by atoms with Crippen LogP contribution in [0.15, 0.2) is 24.8 Å². The number of nitrogens with zero attached hydrogens (tertiary/aromatic N) is 3. The SMILES string of the molecule is C=Cc1c(C)c2cc3nc(c(CC(=O)OC)c4nc(cc5[nH]c(cc1[nH]2)c(C)c5CC)C(C)=C4C(=O)N(C)CCCO[C@@H]1O[C@H](CO)[C@@H](O)[C@H](O)[C@H]1O)[C@@H](CCC(=O)OC)[C@@H]3C. The van der Waals surface area contributed by atoms with E-state index in [9.17, 15) is 34.8 Å². The fourth-order valence-corrected chi connectivity index (χ4v) is 8.69. The van der Waals surface area contributed by atoms with Crippen LogP contribution < -0.4 is 0 Å². The molecule has 16 nitrogen and oxygen atoms in total. The molecule has 16 heteroatoms. The van der Waals surface area contributed by atoms with Gasteiger partial charge in [-0.1, -0.05) is 26.5 Å². The Hall–Kier alpha value is -5.23. The number of carbonyl (C=O) groups excluding carboxylic acids is 3. The second kappa shape index (κ2) is 19.4. The highest BCUT2D eigenvalue weighted by molar-refractivity contribution is 6.27. The van der Waals surface area contributed by atoms with E-state index in [1.54, 1.807) is 7.05 Å². The summed E-state index contributed by atoms with van der Waals surface area (Å²) in [5.74, 6) is -1.94. The van der Waals surface area contributed by atoms with Gasteiger partial charge in [-0.2, -0.15) is 0 Å². The van der Waals surface area contributed by atoms with E-state index in [4.69, 9.17) is 28.9 Å². The first-order chi connectivity index (χ1) is 29.6. The van der Waals surface area contributed by atoms with Crippen molar-refractivity contribution >= 4 is 57.1 Å². The van der Waals surface area contributed by atoms with Crippen molar-refractivity contribution in [3.05, 3.63) is 75.4 Å². The highest BCUT2D eigenvalue weighted by atomic mass is 16.7. The molecule has 334 valence electrons. The summed E-state index contributed by atoms with van der Waals surface area (Å²) in [4.78, 5) is 59.9. The molecular formula is C46H59N5O11. The average Bonchev–Trinajstić information content (AvgIpc) is 3.95. The summed E-state index contributed by atoms with van der Waals surface area (Å²) in [5.41, 5.74) is 10.7. The lowest BCUT2D eigenvalue weighted by Gasteiger charge is -2.39. The molecule has 6 N–H and O–H groups in total. The van der Waals surface area contributed by atoms with E-state index in [0.29, 0.717) is 41.1 Å². The number of allylic oxidation sites excluding steroid dienone is 1. The van der Waals surface area contributed by atoms with Crippen LogP contribution in [-0.4, -0.2) is 135 Å². The number of hydrogen-bond acceptors (Lipinski definition) is 13. The third-order valence-corrected chi connectivity index (χ3v) is 12.5. The Bertz CT molecular complexity index is 2420. The zero-order valence-corrected chi connectivity index (χ0v) is 36.7. The summed E-state index contributed by atoms with van der Waals surface area (Å²) in [6.07, 6.45) is -4.11. The molecule has 3 aliphatic rings. The Morgan fingerprint density at radius 2 is 1.61 bits per heavy atom. The number of aromatic nitrogens is 4. The maximum Gasteiger partial charge on any atom is 0.310 e. The van der Waals surface area contributed by atoms with Crippen LogP contribution in [0, 0.1) is 13.8 Å². The number of rotatable bonds is 14. The number of amides is 1. The van der Waals surface area contributed by atoms with Crippen LogP contribution in [0.2, 0.25) is 0 Å². The molecule has 8 bridgehead atoms. The van der Waals surface area contributed by atoms with E-state index in [0.717, 1.165) is 44.3 Å². The number of aliphatic hydroxyl groups excluding tert-OH is 4. The maximum atomic E-state index is 14.8. The number of esters is 2. The molecule has 3 aromatic rings. The number of ether oxygens (including phenoxy) is 4. The summed E-state index contributed by atoms with van der Waals surface area (Å²) in [7, 11) is 4.27. The fraction of sp³-hybridized carbons (Fsp3) is 0.500. The lowest BCUT2D eigenvalue weighted by Crippen LogP contribution is -2.59. The first kappa shape index (κ1) is 46.3. The van der Waals surface area contributed by atoms with Gasteiger partial charge < -0.3 is 54.2 Å². The predicted octanol–water partition coefficient (Wildman–Crippen LogP) is 4.29. The molecule has 6 heterocycles. The highest BCUT2D eigenvalue weighted by Crippen LogP contribution is 2.44. The fourth-order valence-electron chi connectivity index (χ4n) is 8.69. The first-order valence-electron chi connectivity index (χ1n) is 21.0. The Balaban J connectivity index is 1.54. The number of methoxy groups -OCH3 is 2. The molecular weight excluding hydrogens is 799 g/mol. The molecule has 7 atom stereocenters. The summed E-state index contributed by atoms with van der Waals surface area (Å²) in [6, 6.07) is 5.98. The quantitative estimate of drug-likeness (QED) is 0.0984. The molecule has 0 radical (unpaired) electrons. The van der Waals surface area contributed by atoms with Gasteiger partial charge in [-0.25, -0.2) is 4.98 Å². The second-order valence-electron chi connectivity index (χ2n) is 16.2. The Kier molecular flexibility index (Phi) is 14.5. The van der Waals surface area contributed by atoms with Gasteiger partial charge in [0.1, 0.15) is 24.4 Å². The van der Waals surface area contributed by atoms with E-state index in [1.165, 1.54) is 19.1 Å². The summed E-state index contributed by atoms with van der Waals surface area (Å²) in [5, 5.41) is 40.3. The van der Waals surface area contributed by atoms with Crippen LogP contribution in [0.3, 0.4) is 0 Å². The Labute approximate surface area is 360 Å². The number of likely N-dealkylation sites (N-methyl/N-ethyl adjacent to an activating group) is 1. The van der Waals surface area contributed by atoms with Crippen molar-refractivity contribution in [1.82, 2.24) is 24.8 Å². The van der Waals surface area contributed by atoms with Crippen molar-refractivity contribution in [3.8, 4) is 0 Å². The van der Waals surface area contributed by atoms with Crippen LogP contribution in [-0.2, 0) is 46.2 Å². The van der Waals surface area contributed by atoms with Gasteiger partial charge in [0.15, 0.2) is 6.29 Å². The summed E-state index contributed by atoms with van der Waals surface area (Å²) >= 11 is 0. The minimum atomic E-state index is -1.59. The number of fused-ring (bicyclic) bond motifs is 8. The Morgan fingerprint density at radius 1 is 0.919 bits per heavy atom. The van der Waals surface area contributed by atoms with Crippen molar-refractivity contribution in [3.63, 3.8) is 0 Å². The lowest BCUT2D eigenvalue weighted by molar-refractivity contribution is -0.301. The molecule has 3 aliphatic heterocycles. The van der Waals surface area contributed by atoms with Crippen LogP contribution >= 0.6 is 0 Å². The third kappa shape index (κ3) is 8.98. The number of aryl methyl sites for hydroxylation is 3. The van der Waals surface area contributed by atoms with E-state index >= 15 is 0 Å². The molecule has 1 saturated heterocycles. The molecule has 62 heavy (non-hydrogen) atoms. The summed E-state index contributed by atoms with van der Waals surface area (Å²) < 4.78 is 21.4. The van der Waals surface area contributed by atoms with Crippen molar-refractivity contribution < 1.29 is 53.8 Å². The maximum absolute atomic E-state index is 14.8. The van der Waals surface area contributed by atoms with E-state index in [2.05, 4.69) is 36.5 Å². The minimum Gasteiger partial charge on any atom is -0.469 e. The molecule has 0 aliphatic carbocycles. The smallest absolute Gasteiger partial charge is 0.310 e. The highest BCUT2D eigenvalue weighted by Gasteiger charge is 2.44. The Morgan fingerprint density at radius 3 is 2.27 bits per heavy atom. The lowest BCUT2D eigenvalue weighted by atomic mass is 9.84. The minimum absolute atomic E-state index is 0.00286. The van der Waals surface area contributed by atoms with Gasteiger partial charge in [-0.05, 0) is 80.5 Å². The second-order valence-corrected chi connectivity index (χ2v) is 16.2. The number of aromatic amines is 2. The number of nitrogens with one attached hydrogen (secondary N) is 2. The van der Waals surface area contributed by atoms with Gasteiger partial charge in [0.05, 0.1) is 56.5 Å². The van der Waals surface area contributed by atoms with E-state index in [1.807, 2.05) is 39.0 Å². The number of carbonyl (C=O) groups is 3. The summed E-state index contributed by atoms with van der Waals surface area (Å²) in [6.45, 7) is 13.7. The molecule has 0 unspecified atom stereocenters. The molecule has 6 rings (SSSR count). The number of H-pyrrole nitrogens is 2. The van der Waals surface area contributed by atoms with E-state index in [-0.39, 0.29) is 61.4 Å².